The molecule has 238 valence electrons. The van der Waals surface area contributed by atoms with Gasteiger partial charge < -0.3 is 24.7 Å². The number of carbonyl (C=O) groups excluding carboxylic acids is 1. The molecule has 3 aliphatic heterocycles. The summed E-state index contributed by atoms with van der Waals surface area (Å²) in [5, 5.41) is 20.5. The predicted octanol–water partition coefficient (Wildman–Crippen LogP) is 4.70. The first-order valence-electron chi connectivity index (χ1n) is 12.9. The molecule has 0 aliphatic carbocycles. The van der Waals surface area contributed by atoms with E-state index in [2.05, 4.69) is 40.8 Å². The lowest BCUT2D eigenvalue weighted by molar-refractivity contribution is -0.192. The molecule has 5 heterocycles. The zero-order valence-electron chi connectivity index (χ0n) is 23.2. The number of aryl methyl sites for hydroxylation is 1. The Morgan fingerprint density at radius 1 is 1.07 bits per heavy atom. The van der Waals surface area contributed by atoms with Crippen molar-refractivity contribution in [1.29, 1.82) is 0 Å². The summed E-state index contributed by atoms with van der Waals surface area (Å²) >= 11 is 0. The van der Waals surface area contributed by atoms with Gasteiger partial charge in [0.15, 0.2) is 0 Å². The Morgan fingerprint density at radius 3 is 2.50 bits per heavy atom. The molecule has 3 aliphatic rings. The minimum atomic E-state index is -5.08. The van der Waals surface area contributed by atoms with Crippen LogP contribution in [0, 0.1) is 6.92 Å². The van der Waals surface area contributed by atoms with E-state index in [1.807, 2.05) is 23.6 Å². The number of nitrogens with one attached hydrogen (secondary N) is 2. The second kappa shape index (κ2) is 12.3. The van der Waals surface area contributed by atoms with Crippen molar-refractivity contribution >= 4 is 29.4 Å². The molecule has 2 aromatic heterocycles. The second-order valence-corrected chi connectivity index (χ2v) is 9.48. The summed E-state index contributed by atoms with van der Waals surface area (Å²) in [6.07, 6.45) is -5.89. The van der Waals surface area contributed by atoms with Crippen molar-refractivity contribution in [2.75, 3.05) is 17.2 Å². The van der Waals surface area contributed by atoms with E-state index in [0.717, 1.165) is 52.8 Å². The van der Waals surface area contributed by atoms with Gasteiger partial charge in [-0.3, -0.25) is 9.78 Å². The third-order valence-corrected chi connectivity index (χ3v) is 6.38. The molecular weight excluding hydrogens is 628 g/mol. The molecule has 0 atom stereocenters. The van der Waals surface area contributed by atoms with Crippen LogP contribution in [0.5, 0.6) is 0 Å². The van der Waals surface area contributed by atoms with Gasteiger partial charge in [-0.15, -0.1) is 5.10 Å². The van der Waals surface area contributed by atoms with Gasteiger partial charge in [0.05, 0.1) is 5.56 Å². The van der Waals surface area contributed by atoms with Gasteiger partial charge in [0.25, 0.3) is 11.5 Å². The van der Waals surface area contributed by atoms with Crippen molar-refractivity contribution in [2.45, 2.75) is 25.8 Å². The molecule has 0 fully saturated rings. The fourth-order valence-electron chi connectivity index (χ4n) is 4.34. The molecule has 3 aromatic rings. The molecule has 6 rings (SSSR count). The molecule has 1 amide bonds. The fourth-order valence-corrected chi connectivity index (χ4v) is 4.34. The quantitative estimate of drug-likeness (QED) is 0.232. The monoisotopic (exact) mass is 647 g/mol. The van der Waals surface area contributed by atoms with Crippen molar-refractivity contribution in [1.82, 2.24) is 29.7 Å². The van der Waals surface area contributed by atoms with Crippen LogP contribution in [0.3, 0.4) is 0 Å². The summed E-state index contributed by atoms with van der Waals surface area (Å²) in [5.41, 5.74) is 2.62. The summed E-state index contributed by atoms with van der Waals surface area (Å²) in [6.45, 7) is 3.24. The van der Waals surface area contributed by atoms with E-state index in [-0.39, 0.29) is 17.3 Å². The molecule has 13 nitrogen and oxygen atoms in total. The highest BCUT2D eigenvalue weighted by atomic mass is 19.4. The first-order chi connectivity index (χ1) is 21.7. The lowest BCUT2D eigenvalue weighted by atomic mass is 9.98. The number of carboxylic acids is 1. The zero-order valence-corrected chi connectivity index (χ0v) is 23.2. The van der Waals surface area contributed by atoms with Gasteiger partial charge in [-0.05, 0) is 48.4 Å². The fraction of sp³-hybridized carbons (Fsp3) is 0.185. The van der Waals surface area contributed by atoms with Crippen molar-refractivity contribution < 1.29 is 45.5 Å². The number of hydrogen-bond donors (Lipinski definition) is 3. The summed E-state index contributed by atoms with van der Waals surface area (Å²) in [6, 6.07) is 8.78. The van der Waals surface area contributed by atoms with Gasteiger partial charge in [-0.1, -0.05) is 11.2 Å². The minimum absolute atomic E-state index is 0.0422. The van der Waals surface area contributed by atoms with E-state index in [1.165, 1.54) is 0 Å². The predicted molar refractivity (Wildman–Crippen MR) is 146 cm³/mol. The molecule has 0 saturated carbocycles. The van der Waals surface area contributed by atoms with Gasteiger partial charge in [0.1, 0.15) is 17.3 Å². The summed E-state index contributed by atoms with van der Waals surface area (Å²) < 4.78 is 78.0. The van der Waals surface area contributed by atoms with Crippen molar-refractivity contribution in [3.63, 3.8) is 0 Å². The average Bonchev–Trinajstić information content (AvgIpc) is 3.70. The largest absolute Gasteiger partial charge is 0.490 e. The van der Waals surface area contributed by atoms with Gasteiger partial charge in [-0.25, -0.2) is 9.78 Å². The van der Waals surface area contributed by atoms with Gasteiger partial charge in [0, 0.05) is 42.3 Å². The lowest BCUT2D eigenvalue weighted by Gasteiger charge is -2.19. The van der Waals surface area contributed by atoms with E-state index in [9.17, 15) is 31.1 Å². The van der Waals surface area contributed by atoms with Crippen molar-refractivity contribution in [2.24, 2.45) is 4.99 Å². The number of carbonyl (C=O) groups is 2. The second-order valence-electron chi connectivity index (χ2n) is 9.48. The third kappa shape index (κ3) is 6.92. The number of rotatable bonds is 4. The number of alkyl halides is 6. The highest BCUT2D eigenvalue weighted by Crippen LogP contribution is 2.39. The summed E-state index contributed by atoms with van der Waals surface area (Å²) in [5.74, 6) is -2.04. The van der Waals surface area contributed by atoms with Gasteiger partial charge >= 0.3 is 24.3 Å². The first-order valence-corrected chi connectivity index (χ1v) is 12.9. The van der Waals surface area contributed by atoms with E-state index in [4.69, 9.17) is 14.3 Å². The maximum Gasteiger partial charge on any atom is 0.490 e. The standard InChI is InChI=1S/C25H18F3N9O2.C2HF3O2/c1-13-2-3-16(33-22(38)19-9-15(4-5-29-19)25(26,27)28)10-17(13)18-8-14-11-31-23(35-24-36-32-12-39-24)34-20(14)37-7-6-30-21(18)37;3-2(4,5)1(6)7/h2-5,8-12,30H,6-7H2,1H3,(H,33,38);(H,6,7). The zero-order chi connectivity index (χ0) is 33.2. The van der Waals surface area contributed by atoms with Gasteiger partial charge in [0.2, 0.25) is 6.39 Å². The molecule has 19 heteroatoms. The molecule has 0 bridgehead atoms. The normalized spacial score (nSPS) is 13.1. The number of benzene rings is 1. The first kappa shape index (κ1) is 31.5. The Kier molecular flexibility index (Phi) is 8.40. The van der Waals surface area contributed by atoms with Crippen LogP contribution >= 0.6 is 0 Å². The minimum Gasteiger partial charge on any atom is -0.475 e. The maximum atomic E-state index is 13.1. The van der Waals surface area contributed by atoms with Crippen LogP contribution in [0.4, 0.5) is 43.9 Å². The SMILES string of the molecule is Cc1ccc(NC(=O)c2cc(C(F)(F)F)ccn2)cc1-c1cc2cnc(=Nc3nnco3)nc-2n2c1NCC2.O=C(O)C(F)(F)F. The van der Waals surface area contributed by atoms with Gasteiger partial charge in [-0.2, -0.15) is 36.3 Å². The van der Waals surface area contributed by atoms with E-state index in [1.54, 1.807) is 18.3 Å². The van der Waals surface area contributed by atoms with Crippen LogP contribution in [0.25, 0.3) is 22.5 Å². The number of nitrogens with zero attached hydrogens (tertiary/aromatic N) is 7. The van der Waals surface area contributed by atoms with Crippen LogP contribution in [0.1, 0.15) is 21.6 Å². The number of anilines is 2. The van der Waals surface area contributed by atoms with E-state index in [0.29, 0.717) is 24.6 Å². The maximum absolute atomic E-state index is 13.1. The van der Waals surface area contributed by atoms with Crippen LogP contribution < -0.4 is 16.3 Å². The van der Waals surface area contributed by atoms with Crippen molar-refractivity contribution in [3.8, 4) is 22.5 Å². The Balaban J connectivity index is 0.000000537. The number of amides is 1. The number of carboxylic acid groups (broad SMARTS) is 1. The van der Waals surface area contributed by atoms with Crippen LogP contribution in [-0.2, 0) is 17.5 Å². The number of halogens is 6. The number of fused-ring (bicyclic) bond motifs is 3. The topological polar surface area (TPSA) is 173 Å². The summed E-state index contributed by atoms with van der Waals surface area (Å²) in [7, 11) is 0. The Morgan fingerprint density at radius 2 is 1.83 bits per heavy atom. The van der Waals surface area contributed by atoms with E-state index >= 15 is 0 Å². The molecule has 46 heavy (non-hydrogen) atoms. The number of aliphatic carboxylic acids is 1. The Hall–Kier alpha value is -5.88. The molecule has 3 N–H and O–H groups in total. The molecule has 0 saturated heterocycles. The van der Waals surface area contributed by atoms with E-state index < -0.39 is 29.8 Å². The number of pyridine rings is 2. The molecule has 0 spiro atoms. The average molecular weight is 647 g/mol. The number of hydrogen-bond acceptors (Lipinski definition) is 10. The Labute approximate surface area is 253 Å². The number of aromatic nitrogens is 6. The molecule has 1 aromatic carbocycles. The van der Waals surface area contributed by atoms with Crippen molar-refractivity contribution in [3.05, 3.63) is 77.6 Å². The third-order valence-electron chi connectivity index (χ3n) is 6.38. The highest BCUT2D eigenvalue weighted by molar-refractivity contribution is 6.03. The highest BCUT2D eigenvalue weighted by Gasteiger charge is 2.38. The smallest absolute Gasteiger partial charge is 0.475 e. The summed E-state index contributed by atoms with van der Waals surface area (Å²) in [4.78, 5) is 38.4. The van der Waals surface area contributed by atoms with Crippen LogP contribution in [-0.4, -0.2) is 59.4 Å². The Bertz CT molecular complexity index is 1960. The molecule has 0 unspecified atom stereocenters. The van der Waals surface area contributed by atoms with Crippen LogP contribution in [0.2, 0.25) is 0 Å². The van der Waals surface area contributed by atoms with Crippen LogP contribution in [0.15, 0.2) is 64.6 Å². The lowest BCUT2D eigenvalue weighted by Crippen LogP contribution is -2.21. The molecule has 0 radical (unpaired) electrons. The molecular formula is C27H19F6N9O4.